The third-order valence-corrected chi connectivity index (χ3v) is 4.11. The maximum absolute atomic E-state index is 11.7. The third kappa shape index (κ3) is 39.4. The number of halogens is 1. The van der Waals surface area contributed by atoms with E-state index in [4.69, 9.17) is 17.2 Å². The van der Waals surface area contributed by atoms with Crippen LogP contribution in [0.15, 0.2) is 24.3 Å². The second-order valence-electron chi connectivity index (χ2n) is 4.74. The van der Waals surface area contributed by atoms with E-state index < -0.39 is 15.9 Å². The monoisotopic (exact) mass is 555 g/mol. The Bertz CT molecular complexity index is 230. The first kappa shape index (κ1) is 31.4. The maximum atomic E-state index is 11.7. The molecule has 0 amide bonds. The summed E-state index contributed by atoms with van der Waals surface area (Å²) in [6, 6.07) is 7.44. The van der Waals surface area contributed by atoms with Crippen molar-refractivity contribution in [3.8, 4) is 0 Å². The SMILES string of the molecule is CCCC[NH-].CCCC[NH-].CCCC[NH-].[F][GeH2][c-]1cccc1.[Hf+4]. The first-order chi connectivity index (χ1) is 10.7. The van der Waals surface area contributed by atoms with E-state index in [9.17, 15) is 3.50 Å². The largest absolute Gasteiger partial charge is 4.00 e. The van der Waals surface area contributed by atoms with Gasteiger partial charge in [0.05, 0.1) is 0 Å². The summed E-state index contributed by atoms with van der Waals surface area (Å²) < 4.78 is 12.7. The zero-order valence-corrected chi connectivity index (χ0v) is 21.8. The van der Waals surface area contributed by atoms with E-state index in [0.717, 1.165) is 42.9 Å². The van der Waals surface area contributed by atoms with Crippen molar-refractivity contribution >= 4 is 20.3 Å². The van der Waals surface area contributed by atoms with E-state index in [2.05, 4.69) is 20.8 Å². The van der Waals surface area contributed by atoms with Crippen LogP contribution >= 0.6 is 0 Å². The molecule has 0 aliphatic carbocycles. The second kappa shape index (κ2) is 34.0. The zero-order chi connectivity index (χ0) is 17.5. The number of rotatable bonds is 7. The summed E-state index contributed by atoms with van der Waals surface area (Å²) in [7, 11) is 0. The van der Waals surface area contributed by atoms with Crippen molar-refractivity contribution in [2.75, 3.05) is 19.6 Å². The van der Waals surface area contributed by atoms with Crippen LogP contribution in [0.5, 0.6) is 0 Å². The quantitative estimate of drug-likeness (QED) is 0.312. The standard InChI is InChI=1S/C5H6FGe.3C4H10N.Hf/c6-7-5-3-1-2-4-5;3*1-2-3-4-5;/h1-4H,7H2;3*5H,2-4H2,1H3;/q4*-1;+4. The molecule has 0 atom stereocenters. The fraction of sp³-hybridized carbons (Fsp3) is 0.706. The molecule has 3 nitrogen and oxygen atoms in total. The van der Waals surface area contributed by atoms with Gasteiger partial charge in [-0.15, -0.1) is 0 Å². The van der Waals surface area contributed by atoms with Gasteiger partial charge in [0.25, 0.3) is 0 Å². The fourth-order valence-electron chi connectivity index (χ4n) is 1.03. The molecule has 0 bridgehead atoms. The van der Waals surface area contributed by atoms with Crippen LogP contribution in [0, 0.1) is 0 Å². The van der Waals surface area contributed by atoms with Crippen molar-refractivity contribution in [3.05, 3.63) is 41.5 Å². The molecule has 0 unspecified atom stereocenters. The average molecular weight is 553 g/mol. The van der Waals surface area contributed by atoms with Crippen LogP contribution in [0.1, 0.15) is 59.3 Å². The second-order valence-corrected chi connectivity index (χ2v) is 7.01. The zero-order valence-electron chi connectivity index (χ0n) is 15.3. The van der Waals surface area contributed by atoms with E-state index in [1.54, 1.807) is 0 Å². The Morgan fingerprint density at radius 3 is 1.17 bits per heavy atom. The topological polar surface area (TPSA) is 71.4 Å². The van der Waals surface area contributed by atoms with Gasteiger partial charge in [0.15, 0.2) is 0 Å². The number of hydrogen-bond acceptors (Lipinski definition) is 0. The Morgan fingerprint density at radius 1 is 0.783 bits per heavy atom. The van der Waals surface area contributed by atoms with Gasteiger partial charge < -0.3 is 17.2 Å². The van der Waals surface area contributed by atoms with Crippen LogP contribution in [-0.2, 0) is 25.8 Å². The minimum Gasteiger partial charge on any atom is 4.00 e. The van der Waals surface area contributed by atoms with E-state index >= 15 is 0 Å². The summed E-state index contributed by atoms with van der Waals surface area (Å²) >= 11 is -1.73. The van der Waals surface area contributed by atoms with Gasteiger partial charge in [-0.25, -0.2) is 0 Å². The Labute approximate surface area is 169 Å². The van der Waals surface area contributed by atoms with E-state index in [-0.39, 0.29) is 25.8 Å². The Morgan fingerprint density at radius 2 is 1.09 bits per heavy atom. The molecule has 0 spiro atoms. The molecule has 6 heteroatoms. The Kier molecular flexibility index (Phi) is 46.4. The minimum absolute atomic E-state index is 0. The molecule has 3 N–H and O–H groups in total. The Balaban J connectivity index is -0.000000105. The van der Waals surface area contributed by atoms with Crippen molar-refractivity contribution in [1.29, 1.82) is 0 Å². The molecule has 0 radical (unpaired) electrons. The van der Waals surface area contributed by atoms with Gasteiger partial charge in [0.1, 0.15) is 0 Å². The van der Waals surface area contributed by atoms with Gasteiger partial charge in [-0.3, -0.25) is 0 Å². The molecule has 23 heavy (non-hydrogen) atoms. The van der Waals surface area contributed by atoms with Crippen molar-refractivity contribution < 1.29 is 29.3 Å². The van der Waals surface area contributed by atoms with Crippen LogP contribution in [0.25, 0.3) is 17.2 Å². The minimum atomic E-state index is -1.73. The molecule has 0 aliphatic heterocycles. The predicted molar refractivity (Wildman–Crippen MR) is 104 cm³/mol. The molecule has 0 saturated carbocycles. The summed E-state index contributed by atoms with van der Waals surface area (Å²) in [5, 5.41) is 0. The average Bonchev–Trinajstić information content (AvgIpc) is 3.05. The van der Waals surface area contributed by atoms with E-state index in [0.29, 0.717) is 19.6 Å². The maximum Gasteiger partial charge on any atom is 4.00 e. The first-order valence-electron chi connectivity index (χ1n) is 8.38. The molecule has 0 fully saturated rings. The van der Waals surface area contributed by atoms with Crippen molar-refractivity contribution in [3.63, 3.8) is 0 Å². The smallest absolute Gasteiger partial charge is 4.00 e. The summed E-state index contributed by atoms with van der Waals surface area (Å²) in [6.45, 7) is 8.06. The van der Waals surface area contributed by atoms with Crippen LogP contribution in [0.4, 0.5) is 3.50 Å². The van der Waals surface area contributed by atoms with Gasteiger partial charge in [-0.2, -0.15) is 19.6 Å². The molecular weight excluding hydrogens is 516 g/mol. The van der Waals surface area contributed by atoms with E-state index in [1.165, 1.54) is 0 Å². The van der Waals surface area contributed by atoms with Crippen LogP contribution in [-0.4, -0.2) is 35.5 Å². The molecule has 0 aliphatic rings. The van der Waals surface area contributed by atoms with Crippen LogP contribution in [0.2, 0.25) is 0 Å². The first-order valence-corrected chi connectivity index (χ1v) is 11.0. The number of nitrogens with one attached hydrogen (secondary N) is 3. The van der Waals surface area contributed by atoms with Crippen LogP contribution < -0.4 is 4.40 Å². The summed E-state index contributed by atoms with van der Waals surface area (Å²) in [5.41, 5.74) is 19.8. The van der Waals surface area contributed by atoms with Gasteiger partial charge in [0.2, 0.25) is 0 Å². The van der Waals surface area contributed by atoms with Gasteiger partial charge in [0, 0.05) is 0 Å². The fourth-order valence-corrected chi connectivity index (χ4v) is 1.98. The molecule has 0 saturated heterocycles. The molecule has 134 valence electrons. The normalized spacial score (nSPS) is 8.83. The van der Waals surface area contributed by atoms with Gasteiger partial charge in [-0.05, 0) is 0 Å². The molecule has 1 aromatic rings. The molecule has 0 heterocycles. The van der Waals surface area contributed by atoms with Gasteiger partial charge >= 0.3 is 73.9 Å². The molecular formula is C17H36FGeHfN3. The number of unbranched alkanes of at least 4 members (excludes halogenated alkanes) is 3. The van der Waals surface area contributed by atoms with Gasteiger partial charge in [-0.1, -0.05) is 59.3 Å². The van der Waals surface area contributed by atoms with E-state index in [1.807, 2.05) is 24.3 Å². The third-order valence-electron chi connectivity index (χ3n) is 2.48. The Hall–Kier alpha value is 0.573. The summed E-state index contributed by atoms with van der Waals surface area (Å²) in [5.74, 6) is 0. The van der Waals surface area contributed by atoms with Crippen LogP contribution in [0.3, 0.4) is 0 Å². The van der Waals surface area contributed by atoms with Crippen molar-refractivity contribution in [2.24, 2.45) is 0 Å². The van der Waals surface area contributed by atoms with Crippen molar-refractivity contribution in [1.82, 2.24) is 0 Å². The molecule has 1 aromatic carbocycles. The summed E-state index contributed by atoms with van der Waals surface area (Å²) in [6.07, 6.45) is 6.64. The predicted octanol–water partition coefficient (Wildman–Crippen LogP) is 5.60. The molecule has 0 aromatic heterocycles. The van der Waals surface area contributed by atoms with Crippen molar-refractivity contribution in [2.45, 2.75) is 59.3 Å². The molecule has 1 rings (SSSR count). The number of hydrogen-bond donors (Lipinski definition) is 0. The summed E-state index contributed by atoms with van der Waals surface area (Å²) in [4.78, 5) is 0.